The Morgan fingerprint density at radius 2 is 2.00 bits per heavy atom. The van der Waals surface area contributed by atoms with Crippen LogP contribution in [0, 0.1) is 11.8 Å². The van der Waals surface area contributed by atoms with Crippen molar-refractivity contribution in [2.75, 3.05) is 13.1 Å². The number of nitrogens with one attached hydrogen (secondary N) is 1. The maximum absolute atomic E-state index is 11.5. The Labute approximate surface area is 85.8 Å². The van der Waals surface area contributed by atoms with Crippen molar-refractivity contribution < 1.29 is 4.79 Å². The SMILES string of the molecule is CCC(C(=O)NN)N1CC(C)C(C)C1. The Kier molecular flexibility index (Phi) is 3.89. The average molecular weight is 199 g/mol. The van der Waals surface area contributed by atoms with Gasteiger partial charge in [-0.1, -0.05) is 20.8 Å². The molecule has 0 aromatic heterocycles. The first-order chi connectivity index (χ1) is 6.60. The largest absolute Gasteiger partial charge is 0.293 e. The van der Waals surface area contributed by atoms with Crippen molar-refractivity contribution in [1.29, 1.82) is 0 Å². The second kappa shape index (κ2) is 4.75. The van der Waals surface area contributed by atoms with Gasteiger partial charge in [0.05, 0.1) is 6.04 Å². The summed E-state index contributed by atoms with van der Waals surface area (Å²) in [6.07, 6.45) is 0.822. The highest BCUT2D eigenvalue weighted by Gasteiger charge is 2.33. The summed E-state index contributed by atoms with van der Waals surface area (Å²) in [5.41, 5.74) is 2.24. The number of hydrazine groups is 1. The van der Waals surface area contributed by atoms with E-state index in [4.69, 9.17) is 5.84 Å². The first-order valence-corrected chi connectivity index (χ1v) is 5.34. The van der Waals surface area contributed by atoms with Crippen LogP contribution >= 0.6 is 0 Å². The lowest BCUT2D eigenvalue weighted by molar-refractivity contribution is -0.126. The van der Waals surface area contributed by atoms with Crippen LogP contribution in [-0.2, 0) is 4.79 Å². The van der Waals surface area contributed by atoms with Gasteiger partial charge >= 0.3 is 0 Å². The van der Waals surface area contributed by atoms with Gasteiger partial charge in [0.2, 0.25) is 0 Å². The van der Waals surface area contributed by atoms with Gasteiger partial charge in [0, 0.05) is 13.1 Å². The second-order valence-corrected chi connectivity index (χ2v) is 4.34. The molecule has 3 unspecified atom stereocenters. The average Bonchev–Trinajstić information content (AvgIpc) is 2.48. The molecule has 0 radical (unpaired) electrons. The molecule has 4 heteroatoms. The van der Waals surface area contributed by atoms with Crippen LogP contribution in [0.4, 0.5) is 0 Å². The Bertz CT molecular complexity index is 198. The van der Waals surface area contributed by atoms with E-state index in [1.54, 1.807) is 0 Å². The first kappa shape index (κ1) is 11.5. The van der Waals surface area contributed by atoms with E-state index in [-0.39, 0.29) is 11.9 Å². The third-order valence-electron chi connectivity index (χ3n) is 3.29. The van der Waals surface area contributed by atoms with Crippen LogP contribution in [0.2, 0.25) is 0 Å². The lowest BCUT2D eigenvalue weighted by Crippen LogP contribution is -2.48. The minimum atomic E-state index is -0.0613. The molecule has 3 N–H and O–H groups in total. The van der Waals surface area contributed by atoms with Gasteiger partial charge < -0.3 is 0 Å². The molecular formula is C10H21N3O. The molecule has 3 atom stereocenters. The minimum Gasteiger partial charge on any atom is -0.293 e. The maximum Gasteiger partial charge on any atom is 0.251 e. The molecule has 1 aliphatic heterocycles. The van der Waals surface area contributed by atoms with E-state index in [0.29, 0.717) is 11.8 Å². The van der Waals surface area contributed by atoms with Crippen LogP contribution in [0.25, 0.3) is 0 Å². The monoisotopic (exact) mass is 199 g/mol. The number of likely N-dealkylation sites (tertiary alicyclic amines) is 1. The van der Waals surface area contributed by atoms with Crippen LogP contribution in [-0.4, -0.2) is 29.9 Å². The van der Waals surface area contributed by atoms with E-state index >= 15 is 0 Å². The predicted molar refractivity (Wildman–Crippen MR) is 56.3 cm³/mol. The van der Waals surface area contributed by atoms with Gasteiger partial charge in [-0.2, -0.15) is 0 Å². The van der Waals surface area contributed by atoms with Crippen molar-refractivity contribution >= 4 is 5.91 Å². The standard InChI is InChI=1S/C10H21N3O/c1-4-9(10(14)12-11)13-5-7(2)8(3)6-13/h7-9H,4-6,11H2,1-3H3,(H,12,14). The minimum absolute atomic E-state index is 0.0487. The Hall–Kier alpha value is -0.610. The van der Waals surface area contributed by atoms with Gasteiger partial charge in [-0.3, -0.25) is 15.1 Å². The molecule has 1 aliphatic rings. The first-order valence-electron chi connectivity index (χ1n) is 5.34. The summed E-state index contributed by atoms with van der Waals surface area (Å²) < 4.78 is 0. The third kappa shape index (κ3) is 2.25. The number of hydrogen-bond donors (Lipinski definition) is 2. The summed E-state index contributed by atoms with van der Waals surface area (Å²) in [4.78, 5) is 13.7. The molecule has 0 bridgehead atoms. The summed E-state index contributed by atoms with van der Waals surface area (Å²) in [7, 11) is 0. The van der Waals surface area contributed by atoms with Crippen molar-refractivity contribution in [2.24, 2.45) is 17.7 Å². The van der Waals surface area contributed by atoms with Gasteiger partial charge in [0.1, 0.15) is 0 Å². The van der Waals surface area contributed by atoms with Crippen LogP contribution < -0.4 is 11.3 Å². The molecule has 0 aliphatic carbocycles. The summed E-state index contributed by atoms with van der Waals surface area (Å²) >= 11 is 0. The molecule has 1 saturated heterocycles. The summed E-state index contributed by atoms with van der Waals surface area (Å²) in [5.74, 6) is 6.45. The highest BCUT2D eigenvalue weighted by atomic mass is 16.2. The number of hydrogen-bond acceptors (Lipinski definition) is 3. The topological polar surface area (TPSA) is 58.4 Å². The fourth-order valence-corrected chi connectivity index (χ4v) is 2.13. The molecule has 0 saturated carbocycles. The van der Waals surface area contributed by atoms with Crippen LogP contribution in [0.15, 0.2) is 0 Å². The van der Waals surface area contributed by atoms with Gasteiger partial charge in [-0.05, 0) is 18.3 Å². The lowest BCUT2D eigenvalue weighted by Gasteiger charge is -2.24. The maximum atomic E-state index is 11.5. The van der Waals surface area contributed by atoms with Crippen molar-refractivity contribution in [3.8, 4) is 0 Å². The molecule has 4 nitrogen and oxygen atoms in total. The van der Waals surface area contributed by atoms with E-state index in [1.807, 2.05) is 6.92 Å². The molecule has 0 aromatic carbocycles. The zero-order valence-corrected chi connectivity index (χ0v) is 9.29. The Morgan fingerprint density at radius 3 is 2.36 bits per heavy atom. The summed E-state index contributed by atoms with van der Waals surface area (Å²) in [6.45, 7) is 8.50. The molecule has 1 rings (SSSR count). The van der Waals surface area contributed by atoms with Crippen molar-refractivity contribution in [1.82, 2.24) is 10.3 Å². The van der Waals surface area contributed by atoms with E-state index in [1.165, 1.54) is 0 Å². The number of carbonyl (C=O) groups excluding carboxylic acids is 1. The fraction of sp³-hybridized carbons (Fsp3) is 0.900. The van der Waals surface area contributed by atoms with Crippen molar-refractivity contribution in [3.63, 3.8) is 0 Å². The number of amides is 1. The molecular weight excluding hydrogens is 178 g/mol. The lowest BCUT2D eigenvalue weighted by atomic mass is 10.0. The van der Waals surface area contributed by atoms with E-state index in [0.717, 1.165) is 19.5 Å². The summed E-state index contributed by atoms with van der Waals surface area (Å²) in [6, 6.07) is -0.0487. The fourth-order valence-electron chi connectivity index (χ4n) is 2.13. The van der Waals surface area contributed by atoms with Crippen molar-refractivity contribution in [3.05, 3.63) is 0 Å². The normalized spacial score (nSPS) is 30.3. The third-order valence-corrected chi connectivity index (χ3v) is 3.29. The van der Waals surface area contributed by atoms with Gasteiger partial charge in [0.15, 0.2) is 0 Å². The molecule has 14 heavy (non-hydrogen) atoms. The smallest absolute Gasteiger partial charge is 0.251 e. The van der Waals surface area contributed by atoms with Crippen LogP contribution in [0.5, 0.6) is 0 Å². The molecule has 1 fully saturated rings. The summed E-state index contributed by atoms with van der Waals surface area (Å²) in [5, 5.41) is 0. The van der Waals surface area contributed by atoms with Gasteiger partial charge in [-0.15, -0.1) is 0 Å². The van der Waals surface area contributed by atoms with Crippen molar-refractivity contribution in [2.45, 2.75) is 33.2 Å². The molecule has 82 valence electrons. The second-order valence-electron chi connectivity index (χ2n) is 4.34. The highest BCUT2D eigenvalue weighted by Crippen LogP contribution is 2.24. The van der Waals surface area contributed by atoms with Crippen LogP contribution in [0.3, 0.4) is 0 Å². The predicted octanol–water partition coefficient (Wildman–Crippen LogP) is 0.343. The van der Waals surface area contributed by atoms with Gasteiger partial charge in [-0.25, -0.2) is 5.84 Å². The number of nitrogens with zero attached hydrogens (tertiary/aromatic N) is 1. The van der Waals surface area contributed by atoms with E-state index < -0.39 is 0 Å². The highest BCUT2D eigenvalue weighted by molar-refractivity contribution is 5.81. The number of rotatable bonds is 3. The molecule has 0 aromatic rings. The Morgan fingerprint density at radius 1 is 1.50 bits per heavy atom. The van der Waals surface area contributed by atoms with Gasteiger partial charge in [0.25, 0.3) is 5.91 Å². The zero-order chi connectivity index (χ0) is 10.7. The molecule has 1 heterocycles. The number of nitrogens with two attached hydrogens (primary N) is 1. The molecule has 1 amide bonds. The quantitative estimate of drug-likeness (QED) is 0.391. The van der Waals surface area contributed by atoms with Crippen LogP contribution in [0.1, 0.15) is 27.2 Å². The Balaban J connectivity index is 2.59. The molecule has 0 spiro atoms. The zero-order valence-electron chi connectivity index (χ0n) is 9.29. The van der Waals surface area contributed by atoms with E-state index in [9.17, 15) is 4.79 Å². The number of carbonyl (C=O) groups is 1. The van der Waals surface area contributed by atoms with E-state index in [2.05, 4.69) is 24.2 Å².